The van der Waals surface area contributed by atoms with Gasteiger partial charge >= 0.3 is 0 Å². The van der Waals surface area contributed by atoms with Crippen molar-refractivity contribution in [1.29, 1.82) is 0 Å². The molecule has 20 heavy (non-hydrogen) atoms. The second-order valence-corrected chi connectivity index (χ2v) is 7.34. The van der Waals surface area contributed by atoms with Crippen LogP contribution in [0.5, 0.6) is 0 Å². The molecule has 1 aliphatic rings. The quantitative estimate of drug-likeness (QED) is 0.875. The summed E-state index contributed by atoms with van der Waals surface area (Å²) < 4.78 is 20.4. The minimum Gasteiger partial charge on any atom is -0.373 e. The van der Waals surface area contributed by atoms with E-state index in [2.05, 4.69) is 42.0 Å². The molecule has 0 spiro atoms. The van der Waals surface area contributed by atoms with Gasteiger partial charge in [0.05, 0.1) is 6.10 Å². The summed E-state index contributed by atoms with van der Waals surface area (Å²) in [6, 6.07) is 4.82. The highest BCUT2D eigenvalue weighted by Crippen LogP contribution is 2.37. The lowest BCUT2D eigenvalue weighted by atomic mass is 9.88. The van der Waals surface area contributed by atoms with Crippen molar-refractivity contribution in [3.8, 4) is 0 Å². The molecule has 1 aromatic rings. The van der Waals surface area contributed by atoms with Gasteiger partial charge in [-0.15, -0.1) is 0 Å². The topological polar surface area (TPSA) is 21.3 Å². The number of nitrogens with one attached hydrogen (secondary N) is 1. The van der Waals surface area contributed by atoms with E-state index in [0.717, 1.165) is 36.0 Å². The van der Waals surface area contributed by atoms with Crippen LogP contribution in [-0.2, 0) is 4.74 Å². The zero-order valence-electron chi connectivity index (χ0n) is 12.4. The zero-order chi connectivity index (χ0) is 14.8. The molecule has 1 N–H and O–H groups in total. The Hall–Kier alpha value is -0.450. The van der Waals surface area contributed by atoms with Crippen LogP contribution in [0.25, 0.3) is 0 Å². The molecule has 0 saturated carbocycles. The molecule has 2 rings (SSSR count). The van der Waals surface area contributed by atoms with Gasteiger partial charge < -0.3 is 10.1 Å². The molecule has 4 heteroatoms. The summed E-state index contributed by atoms with van der Waals surface area (Å²) in [5.41, 5.74) is 1.01. The van der Waals surface area contributed by atoms with E-state index in [0.29, 0.717) is 5.92 Å². The average molecular weight is 344 g/mol. The lowest BCUT2D eigenvalue weighted by Crippen LogP contribution is -2.41. The van der Waals surface area contributed by atoms with E-state index in [9.17, 15) is 4.39 Å². The van der Waals surface area contributed by atoms with E-state index in [1.807, 2.05) is 0 Å². The lowest BCUT2D eigenvalue weighted by Gasteiger charge is -2.35. The largest absolute Gasteiger partial charge is 0.373 e. The van der Waals surface area contributed by atoms with E-state index in [1.54, 1.807) is 12.1 Å². The number of benzene rings is 1. The summed E-state index contributed by atoms with van der Waals surface area (Å²) in [6.45, 7) is 8.11. The van der Waals surface area contributed by atoms with Crippen molar-refractivity contribution in [3.05, 3.63) is 34.1 Å². The van der Waals surface area contributed by atoms with Gasteiger partial charge in [0.2, 0.25) is 0 Å². The number of ether oxygens (including phenoxy) is 1. The maximum absolute atomic E-state index is 13.5. The van der Waals surface area contributed by atoms with Gasteiger partial charge in [0, 0.05) is 29.1 Å². The Labute approximate surface area is 129 Å². The first-order valence-electron chi connectivity index (χ1n) is 7.18. The fourth-order valence-electron chi connectivity index (χ4n) is 2.57. The first kappa shape index (κ1) is 15.9. The summed E-state index contributed by atoms with van der Waals surface area (Å²) in [5.74, 6) is 0.168. The Kier molecular flexibility index (Phi) is 5.21. The number of halogens is 2. The Bertz CT molecular complexity index is 458. The Morgan fingerprint density at radius 3 is 2.85 bits per heavy atom. The van der Waals surface area contributed by atoms with Gasteiger partial charge in [-0.05, 0) is 57.4 Å². The molecule has 2 unspecified atom stereocenters. The molecule has 2 nitrogen and oxygen atoms in total. The van der Waals surface area contributed by atoms with Gasteiger partial charge in [-0.25, -0.2) is 4.39 Å². The summed E-state index contributed by atoms with van der Waals surface area (Å²) in [6.07, 6.45) is 2.14. The Morgan fingerprint density at radius 2 is 2.15 bits per heavy atom. The molecule has 1 aromatic carbocycles. The Balaban J connectivity index is 2.16. The summed E-state index contributed by atoms with van der Waals surface area (Å²) in [4.78, 5) is 0. The van der Waals surface area contributed by atoms with Crippen molar-refractivity contribution < 1.29 is 9.13 Å². The van der Waals surface area contributed by atoms with Gasteiger partial charge in [-0.1, -0.05) is 15.9 Å². The molecule has 2 atom stereocenters. The van der Waals surface area contributed by atoms with Crippen LogP contribution in [-0.4, -0.2) is 18.7 Å². The third-order valence-electron chi connectivity index (χ3n) is 3.60. The van der Waals surface area contributed by atoms with Crippen molar-refractivity contribution in [1.82, 2.24) is 5.32 Å². The number of hydrogen-bond acceptors (Lipinski definition) is 2. The van der Waals surface area contributed by atoms with Gasteiger partial charge in [0.25, 0.3) is 0 Å². The second-order valence-electron chi connectivity index (χ2n) is 6.49. The summed E-state index contributed by atoms with van der Waals surface area (Å²) in [5, 5.41) is 3.54. The predicted molar refractivity (Wildman–Crippen MR) is 83.3 cm³/mol. The van der Waals surface area contributed by atoms with Crippen LogP contribution in [0.4, 0.5) is 4.39 Å². The monoisotopic (exact) mass is 343 g/mol. The third-order valence-corrected chi connectivity index (χ3v) is 4.33. The van der Waals surface area contributed by atoms with Crippen LogP contribution in [0.2, 0.25) is 0 Å². The highest BCUT2D eigenvalue weighted by atomic mass is 79.9. The maximum atomic E-state index is 13.5. The van der Waals surface area contributed by atoms with Crippen LogP contribution < -0.4 is 5.32 Å². The molecule has 1 fully saturated rings. The van der Waals surface area contributed by atoms with Crippen LogP contribution in [0, 0.1) is 11.7 Å². The van der Waals surface area contributed by atoms with E-state index in [-0.39, 0.29) is 17.5 Å². The average Bonchev–Trinajstić information content (AvgIpc) is 2.39. The van der Waals surface area contributed by atoms with Crippen molar-refractivity contribution in [3.63, 3.8) is 0 Å². The van der Waals surface area contributed by atoms with Crippen LogP contribution in [0.3, 0.4) is 0 Å². The molecule has 1 heterocycles. The van der Waals surface area contributed by atoms with Gasteiger partial charge in [0.15, 0.2) is 0 Å². The predicted octanol–water partition coefficient (Wildman–Crippen LogP) is 4.44. The molecule has 0 amide bonds. The van der Waals surface area contributed by atoms with Gasteiger partial charge in [-0.3, -0.25) is 0 Å². The summed E-state index contributed by atoms with van der Waals surface area (Å²) in [7, 11) is 0. The summed E-state index contributed by atoms with van der Waals surface area (Å²) >= 11 is 3.52. The zero-order valence-corrected chi connectivity index (χ0v) is 14.0. The first-order chi connectivity index (χ1) is 9.37. The third kappa shape index (κ3) is 4.27. The van der Waals surface area contributed by atoms with Crippen molar-refractivity contribution in [2.24, 2.45) is 5.92 Å². The minimum atomic E-state index is -0.208. The highest BCUT2D eigenvalue weighted by Gasteiger charge is 2.29. The molecule has 0 radical (unpaired) electrons. The fourth-order valence-corrected chi connectivity index (χ4v) is 3.04. The van der Waals surface area contributed by atoms with E-state index < -0.39 is 0 Å². The second kappa shape index (κ2) is 6.54. The lowest BCUT2D eigenvalue weighted by molar-refractivity contribution is -0.0298. The van der Waals surface area contributed by atoms with Gasteiger partial charge in [-0.2, -0.15) is 0 Å². The van der Waals surface area contributed by atoms with Crippen LogP contribution >= 0.6 is 15.9 Å². The van der Waals surface area contributed by atoms with Crippen molar-refractivity contribution in [2.45, 2.75) is 45.3 Å². The molecule has 1 saturated heterocycles. The highest BCUT2D eigenvalue weighted by molar-refractivity contribution is 9.10. The number of rotatable bonds is 3. The molecule has 0 aromatic heterocycles. The molecule has 0 bridgehead atoms. The minimum absolute atomic E-state index is 0.0383. The maximum Gasteiger partial charge on any atom is 0.123 e. The molecular formula is C16H23BrFNO. The molecule has 112 valence electrons. The van der Waals surface area contributed by atoms with Crippen molar-refractivity contribution in [2.75, 3.05) is 13.2 Å². The van der Waals surface area contributed by atoms with Gasteiger partial charge in [0.1, 0.15) is 5.82 Å². The Morgan fingerprint density at radius 1 is 1.40 bits per heavy atom. The molecule has 0 aliphatic carbocycles. The van der Waals surface area contributed by atoms with Crippen LogP contribution in [0.15, 0.2) is 22.7 Å². The van der Waals surface area contributed by atoms with E-state index in [4.69, 9.17) is 4.74 Å². The SMILES string of the molecule is CC(C)(C)NCC1CCCOC1c1cc(F)ccc1Br. The van der Waals surface area contributed by atoms with Crippen molar-refractivity contribution >= 4 is 15.9 Å². The van der Waals surface area contributed by atoms with Crippen LogP contribution in [0.1, 0.15) is 45.3 Å². The molecular weight excluding hydrogens is 321 g/mol. The molecule has 1 aliphatic heterocycles. The smallest absolute Gasteiger partial charge is 0.123 e. The van der Waals surface area contributed by atoms with E-state index >= 15 is 0 Å². The standard InChI is InChI=1S/C16H23BrFNO/c1-16(2,3)19-10-11-5-4-8-20-15(11)13-9-12(18)6-7-14(13)17/h6-7,9,11,15,19H,4-5,8,10H2,1-3H3. The van der Waals surface area contributed by atoms with E-state index in [1.165, 1.54) is 6.07 Å². The first-order valence-corrected chi connectivity index (χ1v) is 7.98. The normalized spacial score (nSPS) is 23.9. The fraction of sp³-hybridized carbons (Fsp3) is 0.625. The number of hydrogen-bond donors (Lipinski definition) is 1.